The van der Waals surface area contributed by atoms with Crippen LogP contribution in [-0.2, 0) is 24.3 Å². The Morgan fingerprint density at radius 3 is 2.46 bits per heavy atom. The fraction of sp³-hybridized carbons (Fsp3) is 0.412. The molecule has 0 saturated carbocycles. The van der Waals surface area contributed by atoms with Crippen molar-refractivity contribution in [3.63, 3.8) is 0 Å². The predicted octanol–water partition coefficient (Wildman–Crippen LogP) is 1.17. The van der Waals surface area contributed by atoms with E-state index < -0.39 is 34.3 Å². The summed E-state index contributed by atoms with van der Waals surface area (Å²) in [5, 5.41) is 0. The average molecular weight is 384 g/mol. The fourth-order valence-corrected chi connectivity index (χ4v) is 3.94. The van der Waals surface area contributed by atoms with Gasteiger partial charge >= 0.3 is 5.97 Å². The number of benzene rings is 1. The van der Waals surface area contributed by atoms with E-state index in [0.29, 0.717) is 6.42 Å². The van der Waals surface area contributed by atoms with Gasteiger partial charge in [0, 0.05) is 32.3 Å². The summed E-state index contributed by atoms with van der Waals surface area (Å²) in [5.41, 5.74) is 0. The van der Waals surface area contributed by atoms with Gasteiger partial charge in [0.1, 0.15) is 10.7 Å². The second kappa shape index (κ2) is 8.91. The number of piperazine rings is 1. The van der Waals surface area contributed by atoms with Crippen molar-refractivity contribution in [1.29, 1.82) is 0 Å². The molecule has 1 aliphatic heterocycles. The van der Waals surface area contributed by atoms with Crippen LogP contribution in [0.5, 0.6) is 0 Å². The second-order valence-electron chi connectivity index (χ2n) is 5.63. The van der Waals surface area contributed by atoms with Crippen molar-refractivity contribution >= 4 is 21.9 Å². The van der Waals surface area contributed by atoms with E-state index in [1.54, 1.807) is 6.08 Å². The SMILES string of the molecule is CC/C=C/C(=O)OCC(=O)N1CCN(S(=O)(=O)c2ccccc2F)CC1. The van der Waals surface area contributed by atoms with Gasteiger partial charge in [-0.3, -0.25) is 4.79 Å². The Labute approximate surface area is 152 Å². The third-order valence-electron chi connectivity index (χ3n) is 3.87. The molecule has 2 rings (SSSR count). The number of esters is 1. The van der Waals surface area contributed by atoms with Crippen LogP contribution in [0.4, 0.5) is 4.39 Å². The number of hydrogen-bond acceptors (Lipinski definition) is 5. The summed E-state index contributed by atoms with van der Waals surface area (Å²) in [5.74, 6) is -1.80. The van der Waals surface area contributed by atoms with Gasteiger partial charge in [-0.25, -0.2) is 17.6 Å². The van der Waals surface area contributed by atoms with Crippen molar-refractivity contribution < 1.29 is 27.1 Å². The van der Waals surface area contributed by atoms with E-state index in [9.17, 15) is 22.4 Å². The maximum Gasteiger partial charge on any atom is 0.330 e. The number of halogens is 1. The molecule has 9 heteroatoms. The molecule has 1 fully saturated rings. The standard InChI is InChI=1S/C17H21FN2O5S/c1-2-3-8-17(22)25-13-16(21)19-9-11-20(12-10-19)26(23,24)15-7-5-4-6-14(15)18/h3-8H,2,9-13H2,1H3/b8-3+. The van der Waals surface area contributed by atoms with Crippen LogP contribution in [0.3, 0.4) is 0 Å². The molecular formula is C17H21FN2O5S. The number of carbonyl (C=O) groups is 2. The molecule has 7 nitrogen and oxygen atoms in total. The molecule has 1 aromatic rings. The Kier molecular flexibility index (Phi) is 6.87. The van der Waals surface area contributed by atoms with Gasteiger partial charge in [-0.2, -0.15) is 4.31 Å². The predicted molar refractivity (Wildman–Crippen MR) is 92.1 cm³/mol. The van der Waals surface area contributed by atoms with E-state index in [1.807, 2.05) is 6.92 Å². The highest BCUT2D eigenvalue weighted by Crippen LogP contribution is 2.20. The summed E-state index contributed by atoms with van der Waals surface area (Å²) < 4.78 is 44.8. The Morgan fingerprint density at radius 2 is 1.85 bits per heavy atom. The summed E-state index contributed by atoms with van der Waals surface area (Å²) in [6.45, 7) is 1.86. The van der Waals surface area contributed by atoms with Gasteiger partial charge in [0.05, 0.1) is 0 Å². The van der Waals surface area contributed by atoms with E-state index in [-0.39, 0.29) is 31.1 Å². The second-order valence-corrected chi connectivity index (χ2v) is 7.54. The van der Waals surface area contributed by atoms with Crippen LogP contribution in [-0.4, -0.2) is 62.3 Å². The Morgan fingerprint density at radius 1 is 1.19 bits per heavy atom. The van der Waals surface area contributed by atoms with E-state index in [4.69, 9.17) is 4.74 Å². The zero-order valence-corrected chi connectivity index (χ0v) is 15.2. The quantitative estimate of drug-likeness (QED) is 0.543. The fourth-order valence-electron chi connectivity index (χ4n) is 2.46. The monoisotopic (exact) mass is 384 g/mol. The molecule has 1 amide bonds. The van der Waals surface area contributed by atoms with Crippen LogP contribution in [0.25, 0.3) is 0 Å². The lowest BCUT2D eigenvalue weighted by molar-refractivity contribution is -0.148. The van der Waals surface area contributed by atoms with Crippen LogP contribution < -0.4 is 0 Å². The van der Waals surface area contributed by atoms with E-state index in [0.717, 1.165) is 10.4 Å². The summed E-state index contributed by atoms with van der Waals surface area (Å²) in [6.07, 6.45) is 3.56. The molecule has 0 radical (unpaired) electrons. The maximum absolute atomic E-state index is 13.8. The Bertz CT molecular complexity index is 786. The van der Waals surface area contributed by atoms with Crippen LogP contribution in [0.15, 0.2) is 41.3 Å². The minimum atomic E-state index is -3.95. The van der Waals surface area contributed by atoms with Crippen molar-refractivity contribution in [2.75, 3.05) is 32.8 Å². The highest BCUT2D eigenvalue weighted by Gasteiger charge is 2.31. The first-order valence-corrected chi connectivity index (χ1v) is 9.66. The molecule has 0 bridgehead atoms. The van der Waals surface area contributed by atoms with Crippen molar-refractivity contribution in [2.24, 2.45) is 0 Å². The van der Waals surface area contributed by atoms with Gasteiger partial charge in [-0.15, -0.1) is 0 Å². The zero-order chi connectivity index (χ0) is 19.2. The molecule has 0 atom stereocenters. The molecule has 1 heterocycles. The van der Waals surface area contributed by atoms with Gasteiger partial charge in [-0.1, -0.05) is 25.1 Å². The average Bonchev–Trinajstić information content (AvgIpc) is 2.64. The summed E-state index contributed by atoms with van der Waals surface area (Å²) in [7, 11) is -3.95. The number of nitrogens with zero attached hydrogens (tertiary/aromatic N) is 2. The van der Waals surface area contributed by atoms with Gasteiger partial charge in [-0.05, 0) is 18.6 Å². The third-order valence-corrected chi connectivity index (χ3v) is 5.81. The lowest BCUT2D eigenvalue weighted by atomic mass is 10.3. The number of sulfonamides is 1. The molecule has 0 unspecified atom stereocenters. The van der Waals surface area contributed by atoms with E-state index in [1.165, 1.54) is 29.2 Å². The first-order chi connectivity index (χ1) is 12.4. The number of ether oxygens (including phenoxy) is 1. The van der Waals surface area contributed by atoms with Crippen molar-refractivity contribution in [1.82, 2.24) is 9.21 Å². The van der Waals surface area contributed by atoms with E-state index in [2.05, 4.69) is 0 Å². The third kappa shape index (κ3) is 4.89. The van der Waals surface area contributed by atoms with Gasteiger partial charge < -0.3 is 9.64 Å². The maximum atomic E-state index is 13.8. The summed E-state index contributed by atoms with van der Waals surface area (Å²) in [4.78, 5) is 24.5. The number of hydrogen-bond donors (Lipinski definition) is 0. The van der Waals surface area contributed by atoms with Crippen LogP contribution in [0.2, 0.25) is 0 Å². The number of allylic oxidation sites excluding steroid dienone is 1. The molecule has 1 aromatic carbocycles. The van der Waals surface area contributed by atoms with Gasteiger partial charge in [0.2, 0.25) is 10.0 Å². The van der Waals surface area contributed by atoms with Crippen molar-refractivity contribution in [3.05, 3.63) is 42.2 Å². The first-order valence-electron chi connectivity index (χ1n) is 8.22. The minimum Gasteiger partial charge on any atom is -0.452 e. The van der Waals surface area contributed by atoms with Gasteiger partial charge in [0.25, 0.3) is 5.91 Å². The van der Waals surface area contributed by atoms with E-state index >= 15 is 0 Å². The topological polar surface area (TPSA) is 84.0 Å². The number of amides is 1. The van der Waals surface area contributed by atoms with Crippen LogP contribution in [0.1, 0.15) is 13.3 Å². The number of rotatable bonds is 6. The first kappa shape index (κ1) is 20.1. The zero-order valence-electron chi connectivity index (χ0n) is 14.4. The molecular weight excluding hydrogens is 363 g/mol. The summed E-state index contributed by atoms with van der Waals surface area (Å²) >= 11 is 0. The molecule has 142 valence electrons. The normalized spacial score (nSPS) is 16.0. The lowest BCUT2D eigenvalue weighted by Crippen LogP contribution is -2.51. The molecule has 0 N–H and O–H groups in total. The highest BCUT2D eigenvalue weighted by molar-refractivity contribution is 7.89. The molecule has 1 saturated heterocycles. The minimum absolute atomic E-state index is 0.0477. The largest absolute Gasteiger partial charge is 0.452 e. The van der Waals surface area contributed by atoms with Crippen molar-refractivity contribution in [3.8, 4) is 0 Å². The number of carbonyl (C=O) groups excluding carboxylic acids is 2. The molecule has 0 aliphatic carbocycles. The molecule has 1 aliphatic rings. The molecule has 0 aromatic heterocycles. The molecule has 0 spiro atoms. The summed E-state index contributed by atoms with van der Waals surface area (Å²) in [6, 6.07) is 5.18. The van der Waals surface area contributed by atoms with Crippen molar-refractivity contribution in [2.45, 2.75) is 18.2 Å². The highest BCUT2D eigenvalue weighted by atomic mass is 32.2. The van der Waals surface area contributed by atoms with Crippen LogP contribution >= 0.6 is 0 Å². The Balaban J connectivity index is 1.90. The molecule has 26 heavy (non-hydrogen) atoms. The smallest absolute Gasteiger partial charge is 0.330 e. The van der Waals surface area contributed by atoms with Crippen LogP contribution in [0, 0.1) is 5.82 Å². The van der Waals surface area contributed by atoms with Gasteiger partial charge in [0.15, 0.2) is 6.61 Å². The lowest BCUT2D eigenvalue weighted by Gasteiger charge is -2.33. The Hall–Kier alpha value is -2.26.